The molecule has 256 valence electrons. The van der Waals surface area contributed by atoms with Gasteiger partial charge in [-0.1, -0.05) is 158 Å². The fraction of sp³-hybridized carbons (Fsp3) is 0.0200. The van der Waals surface area contributed by atoms with Gasteiger partial charge in [-0.15, -0.1) is 0 Å². The zero-order valence-electron chi connectivity index (χ0n) is 29.8. The maximum absolute atomic E-state index is 6.57. The molecule has 0 aliphatic rings. The largest absolute Gasteiger partial charge is 0.456 e. The number of hydrogen-bond donors (Lipinski definition) is 0. The summed E-state index contributed by atoms with van der Waals surface area (Å²) in [6.45, 7) is 6.39. The Balaban J connectivity index is 1.16. The van der Waals surface area contributed by atoms with E-state index in [4.69, 9.17) is 19.4 Å². The van der Waals surface area contributed by atoms with Crippen molar-refractivity contribution in [2.75, 3.05) is 0 Å². The van der Waals surface area contributed by atoms with Gasteiger partial charge in [0.2, 0.25) is 0 Å². The van der Waals surface area contributed by atoms with Crippen LogP contribution >= 0.6 is 0 Å². The monoisotopic (exact) mass is 693 g/mol. The molecule has 0 saturated heterocycles. The summed E-state index contributed by atoms with van der Waals surface area (Å²) in [4.78, 5) is 15.1. The van der Waals surface area contributed by atoms with Crippen LogP contribution in [0.25, 0.3) is 94.7 Å². The van der Waals surface area contributed by atoms with Crippen molar-refractivity contribution in [1.82, 2.24) is 15.0 Å². The number of nitrogens with zero attached hydrogens (tertiary/aromatic N) is 3. The quantitative estimate of drug-likeness (QED) is 0.149. The summed E-state index contributed by atoms with van der Waals surface area (Å²) in [6.07, 6.45) is 8.09. The first-order valence-electron chi connectivity index (χ1n) is 18.1. The Morgan fingerprint density at radius 3 is 1.87 bits per heavy atom. The van der Waals surface area contributed by atoms with Crippen molar-refractivity contribution in [1.29, 1.82) is 0 Å². The molecule has 0 saturated carbocycles. The van der Waals surface area contributed by atoms with Gasteiger partial charge in [0.1, 0.15) is 11.2 Å². The first-order valence-corrected chi connectivity index (χ1v) is 18.1. The highest BCUT2D eigenvalue weighted by Crippen LogP contribution is 2.40. The lowest BCUT2D eigenvalue weighted by Crippen LogP contribution is -2.00. The number of rotatable bonds is 8. The number of hydrogen-bond acceptors (Lipinski definition) is 4. The van der Waals surface area contributed by atoms with Crippen LogP contribution in [0, 0.1) is 0 Å². The second-order valence-corrected chi connectivity index (χ2v) is 13.3. The number of fused-ring (bicyclic) bond motifs is 4. The molecule has 7 aromatic carbocycles. The minimum Gasteiger partial charge on any atom is -0.456 e. The third-order valence-electron chi connectivity index (χ3n) is 9.79. The van der Waals surface area contributed by atoms with E-state index in [9.17, 15) is 0 Å². The smallest absolute Gasteiger partial charge is 0.164 e. The zero-order valence-corrected chi connectivity index (χ0v) is 29.8. The van der Waals surface area contributed by atoms with Crippen molar-refractivity contribution >= 4 is 38.3 Å². The van der Waals surface area contributed by atoms with Crippen LogP contribution in [-0.2, 0) is 0 Å². The van der Waals surface area contributed by atoms with E-state index in [1.54, 1.807) is 0 Å². The van der Waals surface area contributed by atoms with Gasteiger partial charge in [0.15, 0.2) is 17.5 Å². The molecule has 2 aromatic heterocycles. The van der Waals surface area contributed by atoms with Crippen molar-refractivity contribution < 1.29 is 4.42 Å². The van der Waals surface area contributed by atoms with E-state index < -0.39 is 0 Å². The molecule has 0 fully saturated rings. The molecule has 0 unspecified atom stereocenters. The summed E-state index contributed by atoms with van der Waals surface area (Å²) in [5.41, 5.74) is 10.8. The maximum atomic E-state index is 6.57. The standard InChI is InChI=1S/C50H35N3O/c1-3-4-7-15-33(2)41-20-12-13-21-42(41)43-22-14-23-45-47(43)44-29-28-39(32-46(44)54-45)50-52-48(36-18-10-6-11-19-36)51-49(53-50)38-27-25-35-24-26-37(30-40(35)31-38)34-16-8-5-9-17-34/h3-32H,2H2,1H3/b4-3-,15-7-. The van der Waals surface area contributed by atoms with Crippen LogP contribution in [0.2, 0.25) is 0 Å². The molecule has 54 heavy (non-hydrogen) atoms. The summed E-state index contributed by atoms with van der Waals surface area (Å²) in [7, 11) is 0. The fourth-order valence-electron chi connectivity index (χ4n) is 7.11. The zero-order chi connectivity index (χ0) is 36.4. The molecule has 0 N–H and O–H groups in total. The Labute approximate surface area is 314 Å². The summed E-state index contributed by atoms with van der Waals surface area (Å²) in [6, 6.07) is 54.3. The van der Waals surface area contributed by atoms with Crippen LogP contribution in [0.15, 0.2) is 193 Å². The maximum Gasteiger partial charge on any atom is 0.164 e. The third kappa shape index (κ3) is 6.20. The molecule has 0 aliphatic heterocycles. The minimum absolute atomic E-state index is 0.578. The van der Waals surface area contributed by atoms with Crippen LogP contribution in [0.5, 0.6) is 0 Å². The Kier molecular flexibility index (Phi) is 8.54. The lowest BCUT2D eigenvalue weighted by molar-refractivity contribution is 0.669. The highest BCUT2D eigenvalue weighted by Gasteiger charge is 2.18. The van der Waals surface area contributed by atoms with Crippen molar-refractivity contribution in [3.63, 3.8) is 0 Å². The van der Waals surface area contributed by atoms with Crippen LogP contribution in [0.3, 0.4) is 0 Å². The number of benzene rings is 7. The van der Waals surface area contributed by atoms with E-state index in [1.165, 1.54) is 11.1 Å². The highest BCUT2D eigenvalue weighted by molar-refractivity contribution is 6.14. The highest BCUT2D eigenvalue weighted by atomic mass is 16.3. The molecule has 0 bridgehead atoms. The second kappa shape index (κ2) is 14.1. The van der Waals surface area contributed by atoms with Gasteiger partial charge in [0.25, 0.3) is 0 Å². The van der Waals surface area contributed by atoms with Crippen molar-refractivity contribution in [2.45, 2.75) is 6.92 Å². The molecular formula is C50H35N3O. The van der Waals surface area contributed by atoms with Gasteiger partial charge in [0, 0.05) is 27.5 Å². The number of aromatic nitrogens is 3. The van der Waals surface area contributed by atoms with E-state index >= 15 is 0 Å². The minimum atomic E-state index is 0.578. The van der Waals surface area contributed by atoms with Crippen molar-refractivity contribution in [3.05, 3.63) is 194 Å². The van der Waals surface area contributed by atoms with E-state index in [2.05, 4.69) is 110 Å². The third-order valence-corrected chi connectivity index (χ3v) is 9.79. The Morgan fingerprint density at radius 1 is 0.500 bits per heavy atom. The molecule has 4 heteroatoms. The second-order valence-electron chi connectivity index (χ2n) is 13.3. The average Bonchev–Trinajstić information content (AvgIpc) is 3.62. The summed E-state index contributed by atoms with van der Waals surface area (Å²) in [5, 5.41) is 4.36. The Bertz CT molecular complexity index is 2900. The number of furan rings is 1. The van der Waals surface area contributed by atoms with Gasteiger partial charge in [0.05, 0.1) is 0 Å². The average molecular weight is 694 g/mol. The molecule has 2 heterocycles. The number of allylic oxidation sites excluding steroid dienone is 5. The van der Waals surface area contributed by atoms with Gasteiger partial charge < -0.3 is 4.42 Å². The van der Waals surface area contributed by atoms with Gasteiger partial charge in [-0.05, 0) is 81.4 Å². The van der Waals surface area contributed by atoms with Crippen LogP contribution in [0.1, 0.15) is 12.5 Å². The Hall–Kier alpha value is -7.17. The van der Waals surface area contributed by atoms with Gasteiger partial charge in [-0.2, -0.15) is 0 Å². The van der Waals surface area contributed by atoms with Gasteiger partial charge in [-0.3, -0.25) is 0 Å². The molecule has 9 aromatic rings. The van der Waals surface area contributed by atoms with Crippen LogP contribution < -0.4 is 0 Å². The first-order chi connectivity index (χ1) is 26.6. The molecule has 9 rings (SSSR count). The molecule has 0 atom stereocenters. The normalized spacial score (nSPS) is 11.7. The fourth-order valence-corrected chi connectivity index (χ4v) is 7.11. The lowest BCUT2D eigenvalue weighted by Gasteiger charge is -2.11. The van der Waals surface area contributed by atoms with E-state index in [1.807, 2.05) is 85.8 Å². The van der Waals surface area contributed by atoms with Gasteiger partial charge in [-0.25, -0.2) is 15.0 Å². The molecule has 0 radical (unpaired) electrons. The summed E-state index contributed by atoms with van der Waals surface area (Å²) >= 11 is 0. The molecule has 0 aliphatic carbocycles. The predicted octanol–water partition coefficient (Wildman–Crippen LogP) is 13.4. The lowest BCUT2D eigenvalue weighted by atomic mass is 9.92. The van der Waals surface area contributed by atoms with E-state index in [0.717, 1.165) is 71.7 Å². The van der Waals surface area contributed by atoms with Crippen LogP contribution in [0.4, 0.5) is 0 Å². The van der Waals surface area contributed by atoms with Crippen molar-refractivity contribution in [3.8, 4) is 56.4 Å². The first kappa shape index (κ1) is 32.7. The molecular weight excluding hydrogens is 659 g/mol. The molecule has 4 nitrogen and oxygen atoms in total. The van der Waals surface area contributed by atoms with Gasteiger partial charge >= 0.3 is 0 Å². The van der Waals surface area contributed by atoms with Crippen molar-refractivity contribution in [2.24, 2.45) is 0 Å². The van der Waals surface area contributed by atoms with Crippen LogP contribution in [-0.4, -0.2) is 15.0 Å². The predicted molar refractivity (Wildman–Crippen MR) is 225 cm³/mol. The Morgan fingerprint density at radius 2 is 1.11 bits per heavy atom. The van der Waals surface area contributed by atoms with E-state index in [0.29, 0.717) is 17.5 Å². The molecule has 0 amide bonds. The summed E-state index contributed by atoms with van der Waals surface area (Å²) in [5.74, 6) is 1.80. The topological polar surface area (TPSA) is 51.8 Å². The van der Waals surface area contributed by atoms with E-state index in [-0.39, 0.29) is 0 Å². The summed E-state index contributed by atoms with van der Waals surface area (Å²) < 4.78 is 6.57. The molecule has 0 spiro atoms. The SMILES string of the molecule is C=C(/C=C\C=C/C)c1ccccc1-c1cccc2oc3cc(-c4nc(-c5ccccc5)nc(-c5ccc6ccc(-c7ccccc7)cc6c5)n4)ccc3c12.